The fraction of sp³-hybridized carbons (Fsp3) is 0.455. The Balaban J connectivity index is 1.39. The fourth-order valence-electron chi connectivity index (χ4n) is 4.29. The van der Waals surface area contributed by atoms with Gasteiger partial charge in [-0.2, -0.15) is 13.2 Å². The van der Waals surface area contributed by atoms with Crippen LogP contribution in [0.5, 0.6) is 0 Å². The summed E-state index contributed by atoms with van der Waals surface area (Å²) in [6.07, 6.45) is -0.262. The first-order chi connectivity index (χ1) is 14.4. The molecule has 0 saturated carbocycles. The number of rotatable bonds is 5. The largest absolute Gasteiger partial charge is 0.419 e. The highest BCUT2D eigenvalue weighted by molar-refractivity contribution is 5.80. The molecule has 1 N–H and O–H groups in total. The molecule has 0 unspecified atom stereocenters. The van der Waals surface area contributed by atoms with Gasteiger partial charge in [-0.05, 0) is 43.0 Å². The second-order valence-electron chi connectivity index (χ2n) is 7.84. The summed E-state index contributed by atoms with van der Waals surface area (Å²) < 4.78 is 39.8. The van der Waals surface area contributed by atoms with Crippen LogP contribution < -0.4 is 15.1 Å². The molecule has 1 aromatic carbocycles. The lowest BCUT2D eigenvalue weighted by Gasteiger charge is -2.22. The summed E-state index contributed by atoms with van der Waals surface area (Å²) in [4.78, 5) is 20.5. The summed E-state index contributed by atoms with van der Waals surface area (Å²) in [7, 11) is 0. The lowest BCUT2D eigenvalue weighted by molar-refractivity contribution is -0.137. The van der Waals surface area contributed by atoms with E-state index in [0.29, 0.717) is 19.5 Å². The minimum absolute atomic E-state index is 0.0975. The number of hydrogen-bond donors (Lipinski definition) is 1. The van der Waals surface area contributed by atoms with E-state index < -0.39 is 11.7 Å². The zero-order valence-electron chi connectivity index (χ0n) is 16.7. The second-order valence-corrected chi connectivity index (χ2v) is 7.84. The number of aromatic nitrogens is 1. The molecular formula is C22H25F3N4O. The molecule has 1 atom stereocenters. The first-order valence-electron chi connectivity index (χ1n) is 10.3. The molecule has 2 fully saturated rings. The molecule has 5 nitrogen and oxygen atoms in total. The molecular weight excluding hydrogens is 393 g/mol. The number of benzene rings is 1. The van der Waals surface area contributed by atoms with Gasteiger partial charge in [-0.3, -0.25) is 4.79 Å². The summed E-state index contributed by atoms with van der Waals surface area (Å²) in [6, 6.07) is 10.4. The standard InChI is InChI=1S/C22H25F3N4O/c23-22(24,25)18-7-5-10-26-20(18)29-13-9-17(15-29)21(30)27-14-16-6-1-2-8-19(16)28-11-3-4-12-28/h1-2,5-8,10,17H,3-4,9,11-15H2,(H,27,30)/t17-/m0/s1. The Morgan fingerprint density at radius 3 is 2.60 bits per heavy atom. The lowest BCUT2D eigenvalue weighted by atomic mass is 10.1. The highest BCUT2D eigenvalue weighted by atomic mass is 19.4. The van der Waals surface area contributed by atoms with E-state index >= 15 is 0 Å². The predicted octanol–water partition coefficient (Wildman–Crippen LogP) is 3.84. The molecule has 8 heteroatoms. The number of nitrogens with one attached hydrogen (secondary N) is 1. The summed E-state index contributed by atoms with van der Waals surface area (Å²) in [5.41, 5.74) is 1.45. The molecule has 160 valence electrons. The summed E-state index contributed by atoms with van der Waals surface area (Å²) >= 11 is 0. The monoisotopic (exact) mass is 418 g/mol. The maximum Gasteiger partial charge on any atom is 0.419 e. The van der Waals surface area contributed by atoms with Gasteiger partial charge < -0.3 is 15.1 Å². The third-order valence-corrected chi connectivity index (χ3v) is 5.84. The van der Waals surface area contributed by atoms with Gasteiger partial charge in [-0.25, -0.2) is 4.98 Å². The van der Waals surface area contributed by atoms with Gasteiger partial charge in [0.05, 0.1) is 11.5 Å². The Hall–Kier alpha value is -2.77. The maximum atomic E-state index is 13.3. The smallest absolute Gasteiger partial charge is 0.371 e. The summed E-state index contributed by atoms with van der Waals surface area (Å²) in [5, 5.41) is 2.99. The number of halogens is 3. The van der Waals surface area contributed by atoms with E-state index in [1.165, 1.54) is 25.1 Å². The SMILES string of the molecule is O=C(NCc1ccccc1N1CCCC1)[C@H]1CCN(c2ncccc2C(F)(F)F)C1. The molecule has 2 aliphatic heterocycles. The Morgan fingerprint density at radius 2 is 1.83 bits per heavy atom. The van der Waals surface area contributed by atoms with Gasteiger partial charge in [-0.15, -0.1) is 0 Å². The zero-order valence-corrected chi connectivity index (χ0v) is 16.7. The molecule has 0 aliphatic carbocycles. The lowest BCUT2D eigenvalue weighted by Crippen LogP contribution is -2.33. The topological polar surface area (TPSA) is 48.5 Å². The molecule has 0 spiro atoms. The average Bonchev–Trinajstić information content (AvgIpc) is 3.44. The van der Waals surface area contributed by atoms with Crippen molar-refractivity contribution < 1.29 is 18.0 Å². The third kappa shape index (κ3) is 4.37. The number of hydrogen-bond acceptors (Lipinski definition) is 4. The number of pyridine rings is 1. The van der Waals surface area contributed by atoms with Crippen molar-refractivity contribution in [1.82, 2.24) is 10.3 Å². The van der Waals surface area contributed by atoms with E-state index in [9.17, 15) is 18.0 Å². The maximum absolute atomic E-state index is 13.3. The molecule has 0 radical (unpaired) electrons. The number of nitrogens with zero attached hydrogens (tertiary/aromatic N) is 3. The van der Waals surface area contributed by atoms with E-state index in [4.69, 9.17) is 0 Å². The van der Waals surface area contributed by atoms with Gasteiger partial charge in [0, 0.05) is 44.6 Å². The van der Waals surface area contributed by atoms with Crippen molar-refractivity contribution in [2.45, 2.75) is 32.0 Å². The summed E-state index contributed by atoms with van der Waals surface area (Å²) in [6.45, 7) is 3.07. The molecule has 2 saturated heterocycles. The van der Waals surface area contributed by atoms with Crippen LogP contribution in [-0.4, -0.2) is 37.1 Å². The van der Waals surface area contributed by atoms with Crippen molar-refractivity contribution in [2.24, 2.45) is 5.92 Å². The van der Waals surface area contributed by atoms with Crippen molar-refractivity contribution >= 4 is 17.4 Å². The predicted molar refractivity (Wildman–Crippen MR) is 109 cm³/mol. The highest BCUT2D eigenvalue weighted by Gasteiger charge is 2.38. The minimum atomic E-state index is -4.47. The highest BCUT2D eigenvalue weighted by Crippen LogP contribution is 2.36. The molecule has 2 aliphatic rings. The van der Waals surface area contributed by atoms with Crippen molar-refractivity contribution in [3.63, 3.8) is 0 Å². The molecule has 3 heterocycles. The first-order valence-corrected chi connectivity index (χ1v) is 10.3. The van der Waals surface area contributed by atoms with Crippen LogP contribution in [0, 0.1) is 5.92 Å². The van der Waals surface area contributed by atoms with Gasteiger partial charge >= 0.3 is 6.18 Å². The number of para-hydroxylation sites is 1. The minimum Gasteiger partial charge on any atom is -0.371 e. The number of amides is 1. The van der Waals surface area contributed by atoms with Gasteiger partial charge in [0.1, 0.15) is 5.82 Å². The van der Waals surface area contributed by atoms with Crippen LogP contribution in [-0.2, 0) is 17.5 Å². The molecule has 30 heavy (non-hydrogen) atoms. The van der Waals surface area contributed by atoms with Crippen molar-refractivity contribution in [1.29, 1.82) is 0 Å². The number of anilines is 2. The van der Waals surface area contributed by atoms with Gasteiger partial charge in [0.2, 0.25) is 5.91 Å². The Kier molecular flexibility index (Phi) is 5.83. The molecule has 0 bridgehead atoms. The van der Waals surface area contributed by atoms with Crippen molar-refractivity contribution in [2.75, 3.05) is 36.0 Å². The summed E-state index contributed by atoms with van der Waals surface area (Å²) in [5.74, 6) is -0.579. The van der Waals surface area contributed by atoms with Crippen LogP contribution in [0.2, 0.25) is 0 Å². The van der Waals surface area contributed by atoms with Crippen LogP contribution in [0.4, 0.5) is 24.7 Å². The zero-order chi connectivity index (χ0) is 21.1. The van der Waals surface area contributed by atoms with Crippen LogP contribution in [0.3, 0.4) is 0 Å². The van der Waals surface area contributed by atoms with E-state index in [1.54, 1.807) is 4.90 Å². The van der Waals surface area contributed by atoms with Gasteiger partial charge in [0.25, 0.3) is 0 Å². The normalized spacial score (nSPS) is 19.4. The second kappa shape index (κ2) is 8.53. The van der Waals surface area contributed by atoms with E-state index in [0.717, 1.165) is 30.4 Å². The molecule has 1 amide bonds. The third-order valence-electron chi connectivity index (χ3n) is 5.84. The van der Waals surface area contributed by atoms with Crippen molar-refractivity contribution in [3.8, 4) is 0 Å². The first kappa shape index (κ1) is 20.5. The van der Waals surface area contributed by atoms with Gasteiger partial charge in [0.15, 0.2) is 0 Å². The molecule has 4 rings (SSSR count). The van der Waals surface area contributed by atoms with Crippen LogP contribution in [0.1, 0.15) is 30.4 Å². The molecule has 2 aromatic rings. The number of alkyl halides is 3. The molecule has 1 aromatic heterocycles. The fourth-order valence-corrected chi connectivity index (χ4v) is 4.29. The Labute approximate surface area is 173 Å². The van der Waals surface area contributed by atoms with Gasteiger partial charge in [-0.1, -0.05) is 18.2 Å². The number of carbonyl (C=O) groups is 1. The number of carbonyl (C=O) groups excluding carboxylic acids is 1. The Morgan fingerprint density at radius 1 is 1.07 bits per heavy atom. The van der Waals surface area contributed by atoms with Crippen molar-refractivity contribution in [3.05, 3.63) is 53.7 Å². The van der Waals surface area contributed by atoms with Crippen LogP contribution >= 0.6 is 0 Å². The van der Waals surface area contributed by atoms with Crippen LogP contribution in [0.15, 0.2) is 42.6 Å². The average molecular weight is 418 g/mol. The van der Waals surface area contributed by atoms with E-state index in [1.807, 2.05) is 18.2 Å². The van der Waals surface area contributed by atoms with Crippen LogP contribution in [0.25, 0.3) is 0 Å². The quantitative estimate of drug-likeness (QED) is 0.802. The Bertz CT molecular complexity index is 896. The van der Waals surface area contributed by atoms with E-state index in [-0.39, 0.29) is 24.2 Å². The van der Waals surface area contributed by atoms with E-state index in [2.05, 4.69) is 21.3 Å².